The van der Waals surface area contributed by atoms with Crippen LogP contribution in [0.5, 0.6) is 0 Å². The van der Waals surface area contributed by atoms with E-state index in [1.54, 1.807) is 0 Å². The molecule has 1 atom stereocenters. The highest BCUT2D eigenvalue weighted by molar-refractivity contribution is 7.92. The van der Waals surface area contributed by atoms with E-state index in [0.717, 1.165) is 59.4 Å². The topological polar surface area (TPSA) is 86.8 Å². The van der Waals surface area contributed by atoms with E-state index in [-0.39, 0.29) is 40.6 Å². The summed E-state index contributed by atoms with van der Waals surface area (Å²) in [7, 11) is -3.92. The van der Waals surface area contributed by atoms with E-state index in [1.807, 2.05) is 61.5 Å². The van der Waals surface area contributed by atoms with Gasteiger partial charge >= 0.3 is 0 Å². The van der Waals surface area contributed by atoms with Gasteiger partial charge in [-0.3, -0.25) is 13.9 Å². The molecule has 224 valence electrons. The van der Waals surface area contributed by atoms with Crippen molar-refractivity contribution in [2.45, 2.75) is 64.1 Å². The number of hydrogen-bond acceptors (Lipinski definition) is 4. The Morgan fingerprint density at radius 1 is 0.905 bits per heavy atom. The van der Waals surface area contributed by atoms with Gasteiger partial charge in [0.25, 0.3) is 0 Å². The molecule has 0 radical (unpaired) electrons. The number of amides is 2. The van der Waals surface area contributed by atoms with E-state index in [0.29, 0.717) is 0 Å². The SMILES string of the molecule is Cc1cccc(CN(C(=O)CN(c2cc(Cl)cc(Cl)c2)S(C)(=O)=O)C(Cc2ccccc2)C(=O)NC2CCCCC2)c1. The molecule has 1 saturated carbocycles. The number of halogens is 2. The summed E-state index contributed by atoms with van der Waals surface area (Å²) in [6, 6.07) is 20.8. The summed E-state index contributed by atoms with van der Waals surface area (Å²) in [5, 5.41) is 3.68. The molecule has 2 amide bonds. The fourth-order valence-corrected chi connectivity index (χ4v) is 6.75. The number of anilines is 1. The van der Waals surface area contributed by atoms with E-state index in [9.17, 15) is 18.0 Å². The Kier molecular flexibility index (Phi) is 10.9. The summed E-state index contributed by atoms with van der Waals surface area (Å²) >= 11 is 12.4. The Morgan fingerprint density at radius 3 is 2.17 bits per heavy atom. The van der Waals surface area contributed by atoms with Crippen LogP contribution in [0.3, 0.4) is 0 Å². The second-order valence-corrected chi connectivity index (χ2v) is 13.7. The van der Waals surface area contributed by atoms with E-state index in [2.05, 4.69) is 5.32 Å². The highest BCUT2D eigenvalue weighted by atomic mass is 35.5. The average molecular weight is 631 g/mol. The molecule has 0 bridgehead atoms. The Labute approximate surface area is 258 Å². The normalized spacial score (nSPS) is 14.7. The fourth-order valence-electron chi connectivity index (χ4n) is 5.40. The molecule has 0 heterocycles. The van der Waals surface area contributed by atoms with Crippen LogP contribution in [0.25, 0.3) is 0 Å². The summed E-state index contributed by atoms with van der Waals surface area (Å²) in [6.45, 7) is 1.56. The molecule has 1 aliphatic rings. The van der Waals surface area contributed by atoms with Crippen molar-refractivity contribution in [2.24, 2.45) is 0 Å². The van der Waals surface area contributed by atoms with Crippen LogP contribution in [0.1, 0.15) is 48.8 Å². The molecular formula is C32H37Cl2N3O4S. The molecule has 1 unspecified atom stereocenters. The molecule has 0 saturated heterocycles. The maximum absolute atomic E-state index is 14.2. The third-order valence-electron chi connectivity index (χ3n) is 7.47. The van der Waals surface area contributed by atoms with Crippen molar-refractivity contribution < 1.29 is 18.0 Å². The smallest absolute Gasteiger partial charge is 0.244 e. The minimum Gasteiger partial charge on any atom is -0.352 e. The molecule has 10 heteroatoms. The third kappa shape index (κ3) is 8.96. The van der Waals surface area contributed by atoms with Crippen molar-refractivity contribution in [2.75, 3.05) is 17.1 Å². The van der Waals surface area contributed by atoms with Gasteiger partial charge in [0.05, 0.1) is 11.9 Å². The first-order valence-corrected chi connectivity index (χ1v) is 16.7. The number of sulfonamides is 1. The highest BCUT2D eigenvalue weighted by Gasteiger charge is 2.34. The van der Waals surface area contributed by atoms with Gasteiger partial charge < -0.3 is 10.2 Å². The van der Waals surface area contributed by atoms with Crippen LogP contribution in [0, 0.1) is 6.92 Å². The minimum absolute atomic E-state index is 0.0431. The van der Waals surface area contributed by atoms with Gasteiger partial charge in [-0.2, -0.15) is 0 Å². The van der Waals surface area contributed by atoms with Crippen molar-refractivity contribution >= 4 is 50.7 Å². The second kappa shape index (κ2) is 14.4. The number of carbonyl (C=O) groups excluding carboxylic acids is 2. The zero-order valence-electron chi connectivity index (χ0n) is 23.9. The standard InChI is InChI=1S/C32H37Cl2N3O4S/c1-23-10-9-13-25(16-23)21-36(31(38)22-37(42(2,40)41)29-19-26(33)18-27(34)20-29)30(17-24-11-5-3-6-12-24)32(39)35-28-14-7-4-8-15-28/h3,5-6,9-13,16,18-20,28,30H,4,7-8,14-15,17,21-22H2,1-2H3,(H,35,39). The molecule has 0 spiro atoms. The molecule has 1 fully saturated rings. The van der Waals surface area contributed by atoms with E-state index in [4.69, 9.17) is 23.2 Å². The Bertz CT molecular complexity index is 1470. The minimum atomic E-state index is -3.92. The summed E-state index contributed by atoms with van der Waals surface area (Å²) < 4.78 is 26.9. The number of nitrogens with one attached hydrogen (secondary N) is 1. The molecule has 7 nitrogen and oxygen atoms in total. The number of rotatable bonds is 11. The molecule has 42 heavy (non-hydrogen) atoms. The van der Waals surface area contributed by atoms with Crippen LogP contribution in [-0.2, 0) is 32.6 Å². The largest absolute Gasteiger partial charge is 0.352 e. The molecule has 4 rings (SSSR count). The van der Waals surface area contributed by atoms with Gasteiger partial charge in [0.1, 0.15) is 12.6 Å². The number of nitrogens with zero attached hydrogens (tertiary/aromatic N) is 2. The monoisotopic (exact) mass is 629 g/mol. The maximum atomic E-state index is 14.2. The fraction of sp³-hybridized carbons (Fsp3) is 0.375. The van der Waals surface area contributed by atoms with E-state index in [1.165, 1.54) is 23.1 Å². The summed E-state index contributed by atoms with van der Waals surface area (Å²) in [5.74, 6) is -0.763. The zero-order chi connectivity index (χ0) is 30.3. The van der Waals surface area contributed by atoms with Gasteiger partial charge in [0.2, 0.25) is 21.8 Å². The lowest BCUT2D eigenvalue weighted by atomic mass is 9.94. The van der Waals surface area contributed by atoms with Gasteiger partial charge in [-0.1, -0.05) is 103 Å². The van der Waals surface area contributed by atoms with Gasteiger partial charge in [-0.05, 0) is 49.1 Å². The second-order valence-electron chi connectivity index (χ2n) is 11.0. The van der Waals surface area contributed by atoms with Gasteiger partial charge in [0.15, 0.2) is 0 Å². The van der Waals surface area contributed by atoms with Crippen molar-refractivity contribution in [1.29, 1.82) is 0 Å². The molecule has 3 aromatic carbocycles. The molecule has 0 aromatic heterocycles. The summed E-state index contributed by atoms with van der Waals surface area (Å²) in [6.07, 6.45) is 6.33. The van der Waals surface area contributed by atoms with Gasteiger partial charge in [0, 0.05) is 29.1 Å². The lowest BCUT2D eigenvalue weighted by molar-refractivity contribution is -0.140. The molecule has 0 aliphatic heterocycles. The third-order valence-corrected chi connectivity index (χ3v) is 9.05. The van der Waals surface area contributed by atoms with Crippen LogP contribution in [-0.4, -0.2) is 50.0 Å². The van der Waals surface area contributed by atoms with Crippen LogP contribution in [0.4, 0.5) is 5.69 Å². The van der Waals surface area contributed by atoms with E-state index >= 15 is 0 Å². The summed E-state index contributed by atoms with van der Waals surface area (Å²) in [5.41, 5.74) is 2.91. The average Bonchev–Trinajstić information content (AvgIpc) is 2.93. The van der Waals surface area contributed by atoms with Crippen LogP contribution in [0.15, 0.2) is 72.8 Å². The van der Waals surface area contributed by atoms with Crippen molar-refractivity contribution in [3.63, 3.8) is 0 Å². The zero-order valence-corrected chi connectivity index (χ0v) is 26.3. The number of aryl methyl sites for hydroxylation is 1. The maximum Gasteiger partial charge on any atom is 0.244 e. The van der Waals surface area contributed by atoms with E-state index < -0.39 is 28.5 Å². The number of benzene rings is 3. The number of carbonyl (C=O) groups is 2. The summed E-state index contributed by atoms with van der Waals surface area (Å²) in [4.78, 5) is 29.7. The van der Waals surface area contributed by atoms with Crippen LogP contribution >= 0.6 is 23.2 Å². The first kappa shape index (κ1) is 31.9. The lowest BCUT2D eigenvalue weighted by Gasteiger charge is -2.35. The van der Waals surface area contributed by atoms with Crippen molar-refractivity contribution in [3.05, 3.63) is 99.5 Å². The first-order valence-electron chi connectivity index (χ1n) is 14.1. The van der Waals surface area contributed by atoms with Crippen molar-refractivity contribution in [3.8, 4) is 0 Å². The first-order chi connectivity index (χ1) is 20.0. The molecular weight excluding hydrogens is 593 g/mol. The lowest BCUT2D eigenvalue weighted by Crippen LogP contribution is -2.55. The molecule has 3 aromatic rings. The Hall–Kier alpha value is -3.07. The van der Waals surface area contributed by atoms with Gasteiger partial charge in [-0.25, -0.2) is 8.42 Å². The van der Waals surface area contributed by atoms with Gasteiger partial charge in [-0.15, -0.1) is 0 Å². The highest BCUT2D eigenvalue weighted by Crippen LogP contribution is 2.28. The Morgan fingerprint density at radius 2 is 1.55 bits per heavy atom. The Balaban J connectivity index is 1.73. The predicted octanol–water partition coefficient (Wildman–Crippen LogP) is 6.16. The van der Waals surface area contributed by atoms with Crippen LogP contribution < -0.4 is 9.62 Å². The molecule has 1 N–H and O–H groups in total. The number of hydrogen-bond donors (Lipinski definition) is 1. The predicted molar refractivity (Wildman–Crippen MR) is 169 cm³/mol. The quantitative estimate of drug-likeness (QED) is 0.275. The van der Waals surface area contributed by atoms with Crippen molar-refractivity contribution in [1.82, 2.24) is 10.2 Å². The molecule has 1 aliphatic carbocycles. The van der Waals surface area contributed by atoms with Crippen LogP contribution in [0.2, 0.25) is 10.0 Å².